The lowest BCUT2D eigenvalue weighted by Crippen LogP contribution is -2.02. The zero-order chi connectivity index (χ0) is 14.5. The first-order valence-electron chi connectivity index (χ1n) is 6.51. The van der Waals surface area contributed by atoms with Crippen LogP contribution in [0.4, 0.5) is 0 Å². The quantitative estimate of drug-likeness (QED) is 0.730. The minimum absolute atomic E-state index is 0.378. The van der Waals surface area contributed by atoms with E-state index in [-0.39, 0.29) is 0 Å². The fraction of sp³-hybridized carbons (Fsp3) is 0.133. The molecule has 0 fully saturated rings. The second kappa shape index (κ2) is 5.92. The van der Waals surface area contributed by atoms with E-state index in [9.17, 15) is 0 Å². The highest BCUT2D eigenvalue weighted by atomic mass is 15.3. The number of aromatic nitrogens is 5. The van der Waals surface area contributed by atoms with Crippen molar-refractivity contribution in [1.29, 1.82) is 5.26 Å². The van der Waals surface area contributed by atoms with Crippen LogP contribution in [0.5, 0.6) is 0 Å². The van der Waals surface area contributed by atoms with Gasteiger partial charge in [-0.1, -0.05) is 0 Å². The van der Waals surface area contributed by atoms with Crippen molar-refractivity contribution in [2.75, 3.05) is 0 Å². The molecule has 0 aliphatic rings. The van der Waals surface area contributed by atoms with Crippen LogP contribution in [0.2, 0.25) is 0 Å². The van der Waals surface area contributed by atoms with Crippen LogP contribution in [0.3, 0.4) is 0 Å². The van der Waals surface area contributed by atoms with E-state index in [1.165, 1.54) is 0 Å². The molecule has 0 spiro atoms. The van der Waals surface area contributed by atoms with Crippen molar-refractivity contribution in [3.05, 3.63) is 49.1 Å². The third kappa shape index (κ3) is 2.77. The molecule has 6 nitrogen and oxygen atoms in total. The van der Waals surface area contributed by atoms with Crippen molar-refractivity contribution >= 4 is 0 Å². The molecule has 6 heteroatoms. The number of hydrogen-bond donors (Lipinski definition) is 0. The molecule has 3 heterocycles. The third-order valence-electron chi connectivity index (χ3n) is 2.95. The molecule has 0 unspecified atom stereocenters. The van der Waals surface area contributed by atoms with Gasteiger partial charge in [-0.15, -0.1) is 0 Å². The maximum atomic E-state index is 8.78. The van der Waals surface area contributed by atoms with Gasteiger partial charge >= 0.3 is 0 Å². The van der Waals surface area contributed by atoms with Gasteiger partial charge in [-0.25, -0.2) is 9.67 Å². The SMILES string of the molecule is N#CCCn1nc(-c2cccnc2)nc1-c1cccnc1. The van der Waals surface area contributed by atoms with Gasteiger partial charge in [0, 0.05) is 35.9 Å². The van der Waals surface area contributed by atoms with Crippen LogP contribution in [-0.2, 0) is 6.54 Å². The van der Waals surface area contributed by atoms with E-state index in [0.29, 0.717) is 24.6 Å². The van der Waals surface area contributed by atoms with Crippen LogP contribution in [0.15, 0.2) is 49.1 Å². The molecule has 0 aliphatic carbocycles. The lowest BCUT2D eigenvalue weighted by Gasteiger charge is -2.02. The summed E-state index contributed by atoms with van der Waals surface area (Å²) in [7, 11) is 0. The number of hydrogen-bond acceptors (Lipinski definition) is 5. The Morgan fingerprint density at radius 1 is 1.05 bits per heavy atom. The van der Waals surface area contributed by atoms with Crippen LogP contribution in [0.1, 0.15) is 6.42 Å². The van der Waals surface area contributed by atoms with E-state index in [4.69, 9.17) is 5.26 Å². The van der Waals surface area contributed by atoms with E-state index in [1.807, 2.05) is 24.3 Å². The van der Waals surface area contributed by atoms with Gasteiger partial charge in [0.1, 0.15) is 0 Å². The number of nitriles is 1. The van der Waals surface area contributed by atoms with Gasteiger partial charge in [0.25, 0.3) is 0 Å². The van der Waals surface area contributed by atoms with Gasteiger partial charge in [-0.05, 0) is 24.3 Å². The molecule has 0 saturated heterocycles. The van der Waals surface area contributed by atoms with Crippen molar-refractivity contribution in [2.24, 2.45) is 0 Å². The molecule has 3 aromatic heterocycles. The molecule has 3 aromatic rings. The van der Waals surface area contributed by atoms with Gasteiger partial charge in [0.15, 0.2) is 11.6 Å². The number of aryl methyl sites for hydroxylation is 1. The normalized spacial score (nSPS) is 10.2. The lowest BCUT2D eigenvalue weighted by molar-refractivity contribution is 0.635. The molecule has 0 aromatic carbocycles. The third-order valence-corrected chi connectivity index (χ3v) is 2.95. The molecule has 0 atom stereocenters. The van der Waals surface area contributed by atoms with Crippen molar-refractivity contribution in [3.63, 3.8) is 0 Å². The van der Waals surface area contributed by atoms with E-state index < -0.39 is 0 Å². The Balaban J connectivity index is 2.06. The van der Waals surface area contributed by atoms with E-state index in [0.717, 1.165) is 11.1 Å². The summed E-state index contributed by atoms with van der Waals surface area (Å²) in [5.41, 5.74) is 1.72. The van der Waals surface area contributed by atoms with Crippen LogP contribution in [0, 0.1) is 11.3 Å². The van der Waals surface area contributed by atoms with Crippen molar-refractivity contribution < 1.29 is 0 Å². The summed E-state index contributed by atoms with van der Waals surface area (Å²) in [5.74, 6) is 1.30. The number of rotatable bonds is 4. The highest BCUT2D eigenvalue weighted by molar-refractivity contribution is 5.60. The molecule has 0 bridgehead atoms. The first-order chi connectivity index (χ1) is 10.4. The topological polar surface area (TPSA) is 80.3 Å². The Bertz CT molecular complexity index is 758. The first-order valence-corrected chi connectivity index (χ1v) is 6.51. The average molecular weight is 276 g/mol. The number of nitrogens with zero attached hydrogens (tertiary/aromatic N) is 6. The summed E-state index contributed by atoms with van der Waals surface area (Å²) in [6, 6.07) is 9.65. The summed E-state index contributed by atoms with van der Waals surface area (Å²) in [4.78, 5) is 12.8. The molecule has 0 N–H and O–H groups in total. The molecule has 21 heavy (non-hydrogen) atoms. The van der Waals surface area contributed by atoms with Crippen LogP contribution < -0.4 is 0 Å². The van der Waals surface area contributed by atoms with E-state index in [1.54, 1.807) is 29.5 Å². The molecule has 0 saturated carbocycles. The smallest absolute Gasteiger partial charge is 0.183 e. The second-order valence-electron chi connectivity index (χ2n) is 4.37. The second-order valence-corrected chi connectivity index (χ2v) is 4.37. The maximum Gasteiger partial charge on any atom is 0.183 e. The minimum Gasteiger partial charge on any atom is -0.264 e. The van der Waals surface area contributed by atoms with Crippen LogP contribution in [0.25, 0.3) is 22.8 Å². The van der Waals surface area contributed by atoms with E-state index in [2.05, 4.69) is 26.1 Å². The summed E-state index contributed by atoms with van der Waals surface area (Å²) in [6.07, 6.45) is 7.25. The highest BCUT2D eigenvalue weighted by Gasteiger charge is 2.13. The Morgan fingerprint density at radius 3 is 2.38 bits per heavy atom. The summed E-state index contributed by atoms with van der Waals surface area (Å²) in [5, 5.41) is 13.3. The van der Waals surface area contributed by atoms with Gasteiger partial charge < -0.3 is 0 Å². The van der Waals surface area contributed by atoms with Gasteiger partial charge in [0.05, 0.1) is 19.0 Å². The average Bonchev–Trinajstić information content (AvgIpc) is 2.99. The maximum absolute atomic E-state index is 8.78. The van der Waals surface area contributed by atoms with Crippen molar-refractivity contribution in [1.82, 2.24) is 24.7 Å². The van der Waals surface area contributed by atoms with Crippen LogP contribution in [-0.4, -0.2) is 24.7 Å². The van der Waals surface area contributed by atoms with Crippen molar-refractivity contribution in [3.8, 4) is 28.8 Å². The Kier molecular flexibility index (Phi) is 3.65. The van der Waals surface area contributed by atoms with Crippen molar-refractivity contribution in [2.45, 2.75) is 13.0 Å². The molecule has 102 valence electrons. The fourth-order valence-electron chi connectivity index (χ4n) is 1.98. The number of pyridine rings is 2. The predicted octanol–water partition coefficient (Wildman–Crippen LogP) is 2.32. The Morgan fingerprint density at radius 2 is 1.76 bits per heavy atom. The Hall–Kier alpha value is -3.07. The molecular weight excluding hydrogens is 264 g/mol. The lowest BCUT2D eigenvalue weighted by atomic mass is 10.2. The van der Waals surface area contributed by atoms with Crippen LogP contribution >= 0.6 is 0 Å². The summed E-state index contributed by atoms with van der Waals surface area (Å²) >= 11 is 0. The molecule has 3 rings (SSSR count). The monoisotopic (exact) mass is 276 g/mol. The zero-order valence-electron chi connectivity index (χ0n) is 11.2. The summed E-state index contributed by atoms with van der Waals surface area (Å²) < 4.78 is 1.74. The van der Waals surface area contributed by atoms with Gasteiger partial charge in [-0.2, -0.15) is 10.4 Å². The predicted molar refractivity (Wildman–Crippen MR) is 76.7 cm³/mol. The first kappa shape index (κ1) is 12.9. The van der Waals surface area contributed by atoms with Gasteiger partial charge in [0.2, 0.25) is 0 Å². The largest absolute Gasteiger partial charge is 0.264 e. The van der Waals surface area contributed by atoms with Gasteiger partial charge in [-0.3, -0.25) is 9.97 Å². The zero-order valence-corrected chi connectivity index (χ0v) is 11.2. The highest BCUT2D eigenvalue weighted by Crippen LogP contribution is 2.21. The fourth-order valence-corrected chi connectivity index (χ4v) is 1.98. The summed E-state index contributed by atoms with van der Waals surface area (Å²) in [6.45, 7) is 0.494. The molecule has 0 amide bonds. The molecule has 0 radical (unpaired) electrons. The minimum atomic E-state index is 0.378. The Labute approximate surface area is 121 Å². The molecular formula is C15H12N6. The molecule has 0 aliphatic heterocycles. The standard InChI is InChI=1S/C15H12N6/c16-6-3-9-21-15(13-5-2-8-18-11-13)19-14(20-21)12-4-1-7-17-10-12/h1-2,4-5,7-8,10-11H,3,9H2. The van der Waals surface area contributed by atoms with E-state index >= 15 is 0 Å².